The Hall–Kier alpha value is -1.69. The molecule has 1 aromatic carbocycles. The molecule has 1 aromatic rings. The van der Waals surface area contributed by atoms with E-state index in [9.17, 15) is 9.59 Å². The molecular formula is C15H22N2O3S. The highest BCUT2D eigenvalue weighted by atomic mass is 32.2. The second kappa shape index (κ2) is 9.28. The molecule has 1 atom stereocenters. The average Bonchev–Trinajstić information content (AvgIpc) is 2.49. The third-order valence-electron chi connectivity index (χ3n) is 3.13. The number of thioether (sulfide) groups is 1. The first-order valence-corrected chi connectivity index (χ1v) is 8.21. The van der Waals surface area contributed by atoms with Crippen LogP contribution in [0.5, 0.6) is 0 Å². The molecule has 0 spiro atoms. The number of nitrogens with zero attached hydrogens (tertiary/aromatic N) is 1. The van der Waals surface area contributed by atoms with E-state index in [4.69, 9.17) is 5.11 Å². The standard InChI is InChI=1S/C15H22N2O3S/c1-17(10-8-12-6-4-3-5-7-12)15(20)16-13(14(18)19)9-11-21-2/h3-7,13H,8-11H2,1-2H3,(H,16,20)(H,18,19)/t13-/m0/s1. The van der Waals surface area contributed by atoms with Crippen LogP contribution in [-0.2, 0) is 11.2 Å². The van der Waals surface area contributed by atoms with Gasteiger partial charge in [-0.05, 0) is 30.4 Å². The molecule has 0 fully saturated rings. The Balaban J connectivity index is 2.43. The number of carbonyl (C=O) groups excluding carboxylic acids is 1. The first-order chi connectivity index (χ1) is 10.0. The molecule has 5 nitrogen and oxygen atoms in total. The Morgan fingerprint density at radius 3 is 2.57 bits per heavy atom. The highest BCUT2D eigenvalue weighted by Crippen LogP contribution is 2.03. The van der Waals surface area contributed by atoms with Crippen LogP contribution in [0.25, 0.3) is 0 Å². The molecular weight excluding hydrogens is 288 g/mol. The summed E-state index contributed by atoms with van der Waals surface area (Å²) in [5.74, 6) is -0.292. The molecule has 1 rings (SSSR count). The SMILES string of the molecule is CSCC[C@H](NC(=O)N(C)CCc1ccccc1)C(=O)O. The number of hydrogen-bond donors (Lipinski definition) is 2. The molecule has 2 N–H and O–H groups in total. The van der Waals surface area contributed by atoms with Crippen molar-refractivity contribution < 1.29 is 14.7 Å². The summed E-state index contributed by atoms with van der Waals surface area (Å²) < 4.78 is 0. The van der Waals surface area contributed by atoms with Crippen molar-refractivity contribution in [2.24, 2.45) is 0 Å². The van der Waals surface area contributed by atoms with E-state index < -0.39 is 12.0 Å². The van der Waals surface area contributed by atoms with E-state index in [0.29, 0.717) is 18.7 Å². The molecule has 0 aliphatic heterocycles. The van der Waals surface area contributed by atoms with Crippen LogP contribution in [-0.4, -0.2) is 53.6 Å². The number of hydrogen-bond acceptors (Lipinski definition) is 3. The highest BCUT2D eigenvalue weighted by Gasteiger charge is 2.21. The summed E-state index contributed by atoms with van der Waals surface area (Å²) in [6, 6.07) is 8.69. The number of carboxylic acid groups (broad SMARTS) is 1. The summed E-state index contributed by atoms with van der Waals surface area (Å²) in [6.07, 6.45) is 3.08. The first kappa shape index (κ1) is 17.4. The smallest absolute Gasteiger partial charge is 0.326 e. The third-order valence-corrected chi connectivity index (χ3v) is 3.78. The van der Waals surface area contributed by atoms with Crippen molar-refractivity contribution in [1.29, 1.82) is 0 Å². The summed E-state index contributed by atoms with van der Waals surface area (Å²) in [5, 5.41) is 11.7. The lowest BCUT2D eigenvalue weighted by Crippen LogP contribution is -2.47. The van der Waals surface area contributed by atoms with Gasteiger partial charge in [0.2, 0.25) is 0 Å². The van der Waals surface area contributed by atoms with Crippen LogP contribution in [0, 0.1) is 0 Å². The lowest BCUT2D eigenvalue weighted by Gasteiger charge is -2.21. The van der Waals surface area contributed by atoms with Crippen LogP contribution < -0.4 is 5.32 Å². The zero-order chi connectivity index (χ0) is 15.7. The van der Waals surface area contributed by atoms with Gasteiger partial charge in [0.25, 0.3) is 0 Å². The van der Waals surface area contributed by atoms with Crippen molar-refractivity contribution in [2.45, 2.75) is 18.9 Å². The van der Waals surface area contributed by atoms with Gasteiger partial charge in [-0.1, -0.05) is 30.3 Å². The van der Waals surface area contributed by atoms with Crippen LogP contribution in [0.15, 0.2) is 30.3 Å². The van der Waals surface area contributed by atoms with Gasteiger partial charge in [0, 0.05) is 13.6 Å². The molecule has 2 amide bonds. The van der Waals surface area contributed by atoms with Gasteiger partial charge in [-0.3, -0.25) is 0 Å². The van der Waals surface area contributed by atoms with Crippen molar-refractivity contribution in [2.75, 3.05) is 25.6 Å². The van der Waals surface area contributed by atoms with E-state index in [1.54, 1.807) is 18.8 Å². The fraction of sp³-hybridized carbons (Fsp3) is 0.467. The number of carbonyl (C=O) groups is 2. The minimum Gasteiger partial charge on any atom is -0.480 e. The molecule has 0 radical (unpaired) electrons. The van der Waals surface area contributed by atoms with E-state index in [1.807, 2.05) is 36.6 Å². The van der Waals surface area contributed by atoms with Crippen LogP contribution in [0.2, 0.25) is 0 Å². The molecule has 0 saturated heterocycles. The maximum atomic E-state index is 12.0. The van der Waals surface area contributed by atoms with Crippen molar-refractivity contribution in [3.8, 4) is 0 Å². The maximum absolute atomic E-state index is 12.0. The van der Waals surface area contributed by atoms with E-state index in [2.05, 4.69) is 5.32 Å². The molecule has 0 heterocycles. The Morgan fingerprint density at radius 2 is 2.00 bits per heavy atom. The predicted molar refractivity (Wildman–Crippen MR) is 85.7 cm³/mol. The lowest BCUT2D eigenvalue weighted by atomic mass is 10.1. The quantitative estimate of drug-likeness (QED) is 0.771. The lowest BCUT2D eigenvalue weighted by molar-refractivity contribution is -0.139. The van der Waals surface area contributed by atoms with Gasteiger partial charge >= 0.3 is 12.0 Å². The Morgan fingerprint density at radius 1 is 1.33 bits per heavy atom. The number of aliphatic carboxylic acids is 1. The van der Waals surface area contributed by atoms with Gasteiger partial charge in [-0.25, -0.2) is 9.59 Å². The molecule has 0 aliphatic carbocycles. The average molecular weight is 310 g/mol. The minimum absolute atomic E-state index is 0.348. The number of benzene rings is 1. The number of rotatable bonds is 8. The third kappa shape index (κ3) is 6.53. The predicted octanol–water partition coefficient (Wildman–Crippen LogP) is 2.08. The van der Waals surface area contributed by atoms with Gasteiger partial charge in [-0.15, -0.1) is 0 Å². The van der Waals surface area contributed by atoms with Gasteiger partial charge in [0.05, 0.1) is 0 Å². The Bertz CT molecular complexity index is 453. The number of urea groups is 1. The van der Waals surface area contributed by atoms with Crippen LogP contribution in [0.4, 0.5) is 4.79 Å². The summed E-state index contributed by atoms with van der Waals surface area (Å²) in [6.45, 7) is 0.546. The van der Waals surface area contributed by atoms with Gasteiger partial charge < -0.3 is 15.3 Å². The molecule has 0 unspecified atom stereocenters. The fourth-order valence-corrected chi connectivity index (χ4v) is 2.27. The van der Waals surface area contributed by atoms with Gasteiger partial charge in [0.1, 0.15) is 6.04 Å². The highest BCUT2D eigenvalue weighted by molar-refractivity contribution is 7.98. The number of likely N-dealkylation sites (N-methyl/N-ethyl adjacent to an activating group) is 1. The fourth-order valence-electron chi connectivity index (χ4n) is 1.80. The molecule has 0 aliphatic rings. The summed E-state index contributed by atoms with van der Waals surface area (Å²) >= 11 is 1.56. The van der Waals surface area contributed by atoms with E-state index in [0.717, 1.165) is 12.0 Å². The number of amides is 2. The Labute approximate surface area is 129 Å². The van der Waals surface area contributed by atoms with Crippen LogP contribution >= 0.6 is 11.8 Å². The van der Waals surface area contributed by atoms with Crippen molar-refractivity contribution in [3.63, 3.8) is 0 Å². The Kier molecular flexibility index (Phi) is 7.68. The van der Waals surface area contributed by atoms with Crippen LogP contribution in [0.3, 0.4) is 0 Å². The largest absolute Gasteiger partial charge is 0.480 e. The minimum atomic E-state index is -0.992. The summed E-state index contributed by atoms with van der Waals surface area (Å²) in [7, 11) is 1.67. The van der Waals surface area contributed by atoms with Crippen molar-refractivity contribution in [3.05, 3.63) is 35.9 Å². The molecule has 0 bridgehead atoms. The summed E-state index contributed by atoms with van der Waals surface area (Å²) in [5.41, 5.74) is 1.15. The molecule has 0 saturated carbocycles. The first-order valence-electron chi connectivity index (χ1n) is 6.82. The summed E-state index contributed by atoms with van der Waals surface area (Å²) in [4.78, 5) is 24.6. The van der Waals surface area contributed by atoms with E-state index >= 15 is 0 Å². The molecule has 116 valence electrons. The van der Waals surface area contributed by atoms with E-state index in [-0.39, 0.29) is 6.03 Å². The zero-order valence-corrected chi connectivity index (χ0v) is 13.2. The van der Waals surface area contributed by atoms with Gasteiger partial charge in [-0.2, -0.15) is 11.8 Å². The normalized spacial score (nSPS) is 11.7. The molecule has 6 heteroatoms. The van der Waals surface area contributed by atoms with E-state index in [1.165, 1.54) is 4.90 Å². The molecule has 21 heavy (non-hydrogen) atoms. The molecule has 0 aromatic heterocycles. The van der Waals surface area contributed by atoms with Crippen molar-refractivity contribution >= 4 is 23.8 Å². The topological polar surface area (TPSA) is 69.6 Å². The van der Waals surface area contributed by atoms with Crippen molar-refractivity contribution in [1.82, 2.24) is 10.2 Å². The second-order valence-electron chi connectivity index (χ2n) is 4.78. The second-order valence-corrected chi connectivity index (χ2v) is 5.76. The number of nitrogens with one attached hydrogen (secondary N) is 1. The zero-order valence-electron chi connectivity index (χ0n) is 12.4. The monoisotopic (exact) mass is 310 g/mol. The van der Waals surface area contributed by atoms with Gasteiger partial charge in [0.15, 0.2) is 0 Å². The van der Waals surface area contributed by atoms with Crippen LogP contribution in [0.1, 0.15) is 12.0 Å². The maximum Gasteiger partial charge on any atom is 0.326 e. The number of carboxylic acids is 1.